The molecule has 1 amide bonds. The van der Waals surface area contributed by atoms with Gasteiger partial charge in [-0.05, 0) is 34.1 Å². The highest BCUT2D eigenvalue weighted by atomic mass is 16.6. The van der Waals surface area contributed by atoms with Gasteiger partial charge in [-0.3, -0.25) is 20.5 Å². The molecule has 0 aliphatic heterocycles. The van der Waals surface area contributed by atoms with Crippen molar-refractivity contribution in [3.63, 3.8) is 0 Å². The van der Waals surface area contributed by atoms with Gasteiger partial charge in [0.1, 0.15) is 11.4 Å². The Balaban J connectivity index is 2.39. The Labute approximate surface area is 130 Å². The Bertz CT molecular complexity index is 505. The quantitative estimate of drug-likeness (QED) is 0.462. The zero-order chi connectivity index (χ0) is 16.9. The van der Waals surface area contributed by atoms with E-state index in [0.717, 1.165) is 0 Å². The van der Waals surface area contributed by atoms with Crippen LogP contribution in [0.2, 0.25) is 0 Å². The summed E-state index contributed by atoms with van der Waals surface area (Å²) in [6, 6.07) is 0. The van der Waals surface area contributed by atoms with E-state index in [9.17, 15) is 9.59 Å². The van der Waals surface area contributed by atoms with Crippen molar-refractivity contribution >= 4 is 24.1 Å². The monoisotopic (exact) mass is 309 g/mol. The predicted octanol–water partition coefficient (Wildman–Crippen LogP) is 2.27. The van der Waals surface area contributed by atoms with Gasteiger partial charge in [0.2, 0.25) is 0 Å². The third-order valence-corrected chi connectivity index (χ3v) is 2.80. The highest BCUT2D eigenvalue weighted by Crippen LogP contribution is 2.44. The minimum absolute atomic E-state index is 0.0513. The maximum absolute atomic E-state index is 11.5. The molecule has 1 aliphatic carbocycles. The van der Waals surface area contributed by atoms with Crippen LogP contribution in [-0.2, 0) is 14.3 Å². The number of ether oxygens (including phenoxy) is 2. The standard InChI is InChI=1S/C15H23N3O4/c1-6-21-13(19)11-7-10(11)9(2)17-8-12(16)18-14(20)22-15(3,4)5/h8,10-11H,2,6-7H2,1,3-5H3,(H2,16,18,20). The van der Waals surface area contributed by atoms with Crippen LogP contribution in [0.25, 0.3) is 0 Å². The van der Waals surface area contributed by atoms with Crippen LogP contribution in [-0.4, -0.2) is 36.3 Å². The van der Waals surface area contributed by atoms with Crippen LogP contribution in [0.4, 0.5) is 4.79 Å². The van der Waals surface area contributed by atoms with Crippen LogP contribution in [0.1, 0.15) is 34.1 Å². The number of alkyl carbamates (subject to hydrolysis) is 1. The fraction of sp³-hybridized carbons (Fsp3) is 0.600. The molecule has 1 rings (SSSR count). The molecule has 0 aromatic carbocycles. The Morgan fingerprint density at radius 2 is 2.05 bits per heavy atom. The molecule has 0 heterocycles. The van der Waals surface area contributed by atoms with Crippen molar-refractivity contribution in [2.45, 2.75) is 39.7 Å². The molecule has 2 N–H and O–H groups in total. The third-order valence-electron chi connectivity index (χ3n) is 2.80. The molecule has 122 valence electrons. The molecule has 7 heteroatoms. The van der Waals surface area contributed by atoms with Crippen molar-refractivity contribution in [2.75, 3.05) is 6.61 Å². The van der Waals surface area contributed by atoms with E-state index in [2.05, 4.69) is 16.9 Å². The number of rotatable bonds is 5. The Morgan fingerprint density at radius 3 is 2.59 bits per heavy atom. The molecule has 1 saturated carbocycles. The predicted molar refractivity (Wildman–Crippen MR) is 83.0 cm³/mol. The van der Waals surface area contributed by atoms with Gasteiger partial charge in [-0.15, -0.1) is 0 Å². The van der Waals surface area contributed by atoms with Crippen molar-refractivity contribution in [1.29, 1.82) is 5.41 Å². The van der Waals surface area contributed by atoms with Gasteiger partial charge in [-0.1, -0.05) is 6.58 Å². The number of allylic oxidation sites excluding steroid dienone is 1. The smallest absolute Gasteiger partial charge is 0.413 e. The Kier molecular flexibility index (Phi) is 5.84. The number of amidine groups is 1. The van der Waals surface area contributed by atoms with Gasteiger partial charge in [0, 0.05) is 11.6 Å². The second-order valence-electron chi connectivity index (χ2n) is 5.99. The first kappa shape index (κ1) is 17.9. The van der Waals surface area contributed by atoms with E-state index in [1.165, 1.54) is 6.21 Å². The summed E-state index contributed by atoms with van der Waals surface area (Å²) in [6.45, 7) is 11.1. The first-order chi connectivity index (χ1) is 10.1. The summed E-state index contributed by atoms with van der Waals surface area (Å²) in [5, 5.41) is 9.83. The molecular weight excluding hydrogens is 286 g/mol. The summed E-state index contributed by atoms with van der Waals surface area (Å²) in [4.78, 5) is 27.0. The first-order valence-electron chi connectivity index (χ1n) is 7.12. The third kappa shape index (κ3) is 6.07. The average Bonchev–Trinajstić information content (AvgIpc) is 3.14. The summed E-state index contributed by atoms with van der Waals surface area (Å²) in [7, 11) is 0. The maximum atomic E-state index is 11.5. The summed E-state index contributed by atoms with van der Waals surface area (Å²) < 4.78 is 9.94. The molecular formula is C15H23N3O4. The van der Waals surface area contributed by atoms with Crippen molar-refractivity contribution in [3.05, 3.63) is 12.3 Å². The van der Waals surface area contributed by atoms with Gasteiger partial charge in [0.05, 0.1) is 18.7 Å². The van der Waals surface area contributed by atoms with Crippen molar-refractivity contribution in [3.8, 4) is 0 Å². The summed E-state index contributed by atoms with van der Waals surface area (Å²) in [5.74, 6) is -0.697. The number of hydrogen-bond acceptors (Lipinski definition) is 6. The normalized spacial score (nSPS) is 20.4. The number of nitrogens with one attached hydrogen (secondary N) is 2. The van der Waals surface area contributed by atoms with Crippen molar-refractivity contribution in [1.82, 2.24) is 5.32 Å². The molecule has 0 saturated heterocycles. The molecule has 2 atom stereocenters. The fourth-order valence-electron chi connectivity index (χ4n) is 1.76. The molecule has 1 aliphatic rings. The lowest BCUT2D eigenvalue weighted by molar-refractivity contribution is -0.144. The molecule has 1 fully saturated rings. The number of hydrogen-bond donors (Lipinski definition) is 2. The highest BCUT2D eigenvalue weighted by molar-refractivity contribution is 6.31. The fourth-order valence-corrected chi connectivity index (χ4v) is 1.76. The van der Waals surface area contributed by atoms with Crippen LogP contribution in [0.15, 0.2) is 17.3 Å². The minimum atomic E-state index is -0.717. The van der Waals surface area contributed by atoms with Crippen molar-refractivity contribution < 1.29 is 19.1 Å². The van der Waals surface area contributed by atoms with E-state index in [-0.39, 0.29) is 23.6 Å². The Morgan fingerprint density at radius 1 is 1.41 bits per heavy atom. The van der Waals surface area contributed by atoms with Crippen LogP contribution in [0.3, 0.4) is 0 Å². The largest absolute Gasteiger partial charge is 0.466 e. The maximum Gasteiger partial charge on any atom is 0.413 e. The molecule has 2 unspecified atom stereocenters. The van der Waals surface area contributed by atoms with E-state index in [1.807, 2.05) is 0 Å². The first-order valence-corrected chi connectivity index (χ1v) is 7.12. The number of carbonyl (C=O) groups is 2. The number of aliphatic imine (C=N–C) groups is 1. The summed E-state index contributed by atoms with van der Waals surface area (Å²) in [5.41, 5.74) is -0.139. The number of amides is 1. The van der Waals surface area contributed by atoms with Gasteiger partial charge in [-0.25, -0.2) is 4.79 Å². The van der Waals surface area contributed by atoms with Crippen molar-refractivity contribution in [2.24, 2.45) is 16.8 Å². The lowest BCUT2D eigenvalue weighted by Gasteiger charge is -2.19. The molecule has 0 aromatic heterocycles. The molecule has 7 nitrogen and oxygen atoms in total. The molecule has 0 bridgehead atoms. The van der Waals surface area contributed by atoms with Gasteiger partial charge >= 0.3 is 12.1 Å². The molecule has 0 spiro atoms. The summed E-state index contributed by atoms with van der Waals surface area (Å²) in [6.07, 6.45) is 1.11. The molecule has 0 radical (unpaired) electrons. The minimum Gasteiger partial charge on any atom is -0.466 e. The molecule has 22 heavy (non-hydrogen) atoms. The topological polar surface area (TPSA) is 101 Å². The van der Waals surface area contributed by atoms with Crippen LogP contribution >= 0.6 is 0 Å². The van der Waals surface area contributed by atoms with Gasteiger partial charge in [-0.2, -0.15) is 0 Å². The number of esters is 1. The lowest BCUT2D eigenvalue weighted by Crippen LogP contribution is -2.36. The van der Waals surface area contributed by atoms with E-state index in [4.69, 9.17) is 14.9 Å². The molecule has 0 aromatic rings. The SMILES string of the molecule is C=C(N=CC(=N)NC(=O)OC(C)(C)C)C1CC1C(=O)OCC. The average molecular weight is 309 g/mol. The van der Waals surface area contributed by atoms with E-state index >= 15 is 0 Å². The van der Waals surface area contributed by atoms with Crippen LogP contribution in [0.5, 0.6) is 0 Å². The zero-order valence-electron chi connectivity index (χ0n) is 13.4. The van der Waals surface area contributed by atoms with E-state index in [1.54, 1.807) is 27.7 Å². The van der Waals surface area contributed by atoms with Crippen LogP contribution in [0, 0.1) is 17.2 Å². The van der Waals surface area contributed by atoms with Gasteiger partial charge < -0.3 is 9.47 Å². The second-order valence-corrected chi connectivity index (χ2v) is 5.99. The van der Waals surface area contributed by atoms with E-state index < -0.39 is 11.7 Å². The van der Waals surface area contributed by atoms with Crippen LogP contribution < -0.4 is 5.32 Å². The summed E-state index contributed by atoms with van der Waals surface area (Å²) >= 11 is 0. The van der Waals surface area contributed by atoms with Gasteiger partial charge in [0.15, 0.2) is 0 Å². The van der Waals surface area contributed by atoms with E-state index in [0.29, 0.717) is 18.7 Å². The van der Waals surface area contributed by atoms with Gasteiger partial charge in [0.25, 0.3) is 0 Å². The Hall–Kier alpha value is -2.18. The highest BCUT2D eigenvalue weighted by Gasteiger charge is 2.45. The number of carbonyl (C=O) groups excluding carboxylic acids is 2. The number of nitrogens with zero attached hydrogens (tertiary/aromatic N) is 1. The lowest BCUT2D eigenvalue weighted by atomic mass is 10.2. The second kappa shape index (κ2) is 7.20. The zero-order valence-corrected chi connectivity index (χ0v) is 13.4.